The van der Waals surface area contributed by atoms with E-state index in [1.807, 2.05) is 18.2 Å². The molecule has 52 valence electrons. The van der Waals surface area contributed by atoms with E-state index in [1.54, 1.807) is 6.20 Å². The monoisotopic (exact) mass is 243 g/mol. The molecule has 3 heteroatoms. The zero-order chi connectivity index (χ0) is 7.23. The van der Waals surface area contributed by atoms with E-state index in [0.717, 1.165) is 5.69 Å². The van der Waals surface area contributed by atoms with Crippen LogP contribution in [0.1, 0.15) is 5.69 Å². The second kappa shape index (κ2) is 4.68. The van der Waals surface area contributed by atoms with E-state index in [1.165, 1.54) is 0 Å². The van der Waals surface area contributed by atoms with Crippen molar-refractivity contribution in [2.24, 2.45) is 0 Å². The fourth-order valence-electron chi connectivity index (χ4n) is 0.630. The molecule has 1 heterocycles. The van der Waals surface area contributed by atoms with Crippen LogP contribution in [0.2, 0.25) is 4.94 Å². The Morgan fingerprint density at radius 3 is 3.10 bits per heavy atom. The average Bonchev–Trinajstić information content (AvgIpc) is 2.03. The number of pyridine rings is 1. The molecule has 0 amide bonds. The molecule has 0 fully saturated rings. The van der Waals surface area contributed by atoms with Gasteiger partial charge in [0, 0.05) is 0 Å². The van der Waals surface area contributed by atoms with Crippen LogP contribution in [-0.4, -0.2) is 26.5 Å². The van der Waals surface area contributed by atoms with Gasteiger partial charge in [-0.15, -0.1) is 0 Å². The maximum absolute atomic E-state index is 5.33. The standard InChI is InChI=1S/C6H6NO.CH3.Sn/c8-5-6-3-1-2-4-7-6;;/h1-4H,5H2;1H3;/q-1;;+1. The minimum absolute atomic E-state index is 0.498. The first kappa shape index (κ1) is 8.01. The van der Waals surface area contributed by atoms with Crippen molar-refractivity contribution in [3.63, 3.8) is 0 Å². The van der Waals surface area contributed by atoms with Crippen molar-refractivity contribution in [1.29, 1.82) is 0 Å². The van der Waals surface area contributed by atoms with Crippen LogP contribution in [0.3, 0.4) is 0 Å². The fraction of sp³-hybridized carbons (Fsp3) is 0.286. The van der Waals surface area contributed by atoms with Crippen molar-refractivity contribution in [2.75, 3.05) is 0 Å². The molecule has 1 aromatic heterocycles. The molecule has 1 aromatic rings. The van der Waals surface area contributed by atoms with Gasteiger partial charge in [-0.1, -0.05) is 0 Å². The summed E-state index contributed by atoms with van der Waals surface area (Å²) in [6.45, 7) is 0.698. The molecule has 0 saturated carbocycles. The summed E-state index contributed by atoms with van der Waals surface area (Å²) in [5.41, 5.74) is 1.03. The summed E-state index contributed by atoms with van der Waals surface area (Å²) in [6, 6.07) is 5.87. The van der Waals surface area contributed by atoms with Gasteiger partial charge in [-0.2, -0.15) is 0 Å². The van der Waals surface area contributed by atoms with Gasteiger partial charge < -0.3 is 0 Å². The van der Waals surface area contributed by atoms with Gasteiger partial charge in [0.15, 0.2) is 0 Å². The third kappa shape index (κ3) is 2.66. The van der Waals surface area contributed by atoms with Crippen LogP contribution in [-0.2, 0) is 9.68 Å². The Morgan fingerprint density at radius 2 is 2.50 bits per heavy atom. The van der Waals surface area contributed by atoms with E-state index < -0.39 is 21.6 Å². The predicted molar refractivity (Wildman–Crippen MR) is 40.6 cm³/mol. The first-order chi connectivity index (χ1) is 4.93. The zero-order valence-corrected chi connectivity index (χ0v) is 8.73. The Balaban J connectivity index is 2.43. The molecule has 2 nitrogen and oxygen atoms in total. The molecule has 1 rings (SSSR count). The van der Waals surface area contributed by atoms with Crippen molar-refractivity contribution in [3.05, 3.63) is 30.1 Å². The van der Waals surface area contributed by atoms with Gasteiger partial charge in [-0.3, -0.25) is 0 Å². The number of hydrogen-bond donors (Lipinski definition) is 0. The summed E-state index contributed by atoms with van der Waals surface area (Å²) in [5.74, 6) is 0. The van der Waals surface area contributed by atoms with Crippen molar-refractivity contribution in [3.8, 4) is 0 Å². The summed E-state index contributed by atoms with van der Waals surface area (Å²) in [7, 11) is 0. The topological polar surface area (TPSA) is 22.1 Å². The Kier molecular flexibility index (Phi) is 3.75. The van der Waals surface area contributed by atoms with Crippen LogP contribution in [0.5, 0.6) is 0 Å². The first-order valence-corrected chi connectivity index (χ1v) is 7.14. The Labute approximate surface area is 71.4 Å². The van der Waals surface area contributed by atoms with Crippen molar-refractivity contribution in [1.82, 2.24) is 4.98 Å². The predicted octanol–water partition coefficient (Wildman–Crippen LogP) is 1.27. The van der Waals surface area contributed by atoms with Gasteiger partial charge in [-0.05, 0) is 0 Å². The molecule has 0 aliphatic heterocycles. The molecule has 0 bridgehead atoms. The number of hydrogen-bond acceptors (Lipinski definition) is 2. The average molecular weight is 242 g/mol. The zero-order valence-electron chi connectivity index (χ0n) is 5.87. The van der Waals surface area contributed by atoms with Crippen LogP contribution in [0, 0.1) is 0 Å². The second-order valence-electron chi connectivity index (χ2n) is 1.81. The van der Waals surface area contributed by atoms with Gasteiger partial charge in [-0.25, -0.2) is 0 Å². The summed E-state index contributed by atoms with van der Waals surface area (Å²) < 4.78 is 5.33. The van der Waals surface area contributed by atoms with E-state index in [-0.39, 0.29) is 0 Å². The summed E-state index contributed by atoms with van der Waals surface area (Å²) in [5, 5.41) is 0. The molecule has 2 radical (unpaired) electrons. The summed E-state index contributed by atoms with van der Waals surface area (Å²) in [4.78, 5) is 6.26. The van der Waals surface area contributed by atoms with Gasteiger partial charge in [0.05, 0.1) is 0 Å². The third-order valence-electron chi connectivity index (χ3n) is 1.09. The first-order valence-electron chi connectivity index (χ1n) is 3.12. The molecule has 0 aliphatic carbocycles. The van der Waals surface area contributed by atoms with Crippen molar-refractivity contribution in [2.45, 2.75) is 11.5 Å². The summed E-state index contributed by atoms with van der Waals surface area (Å²) >= 11 is -0.498. The molecule has 0 spiro atoms. The Morgan fingerprint density at radius 1 is 1.60 bits per heavy atom. The third-order valence-corrected chi connectivity index (χ3v) is 2.33. The van der Waals surface area contributed by atoms with Crippen LogP contribution in [0.4, 0.5) is 0 Å². The Hall–Kier alpha value is -0.0913. The van der Waals surface area contributed by atoms with Crippen LogP contribution < -0.4 is 0 Å². The van der Waals surface area contributed by atoms with Gasteiger partial charge >= 0.3 is 71.3 Å². The molecular weight excluding hydrogens is 233 g/mol. The number of aromatic nitrogens is 1. The molecule has 0 N–H and O–H groups in total. The minimum atomic E-state index is -0.498. The van der Waals surface area contributed by atoms with Crippen LogP contribution in [0.15, 0.2) is 24.4 Å². The van der Waals surface area contributed by atoms with E-state index >= 15 is 0 Å². The number of nitrogens with zero attached hydrogens (tertiary/aromatic N) is 1. The van der Waals surface area contributed by atoms with E-state index in [2.05, 4.69) is 9.92 Å². The molecule has 0 atom stereocenters. The van der Waals surface area contributed by atoms with E-state index in [0.29, 0.717) is 6.61 Å². The summed E-state index contributed by atoms with van der Waals surface area (Å²) in [6.07, 6.45) is 1.79. The fourth-order valence-corrected chi connectivity index (χ4v) is 1.46. The normalized spacial score (nSPS) is 9.70. The van der Waals surface area contributed by atoms with Crippen LogP contribution in [0.25, 0.3) is 0 Å². The molecule has 0 unspecified atom stereocenters. The van der Waals surface area contributed by atoms with Gasteiger partial charge in [0.1, 0.15) is 0 Å². The maximum atomic E-state index is 5.33. The van der Waals surface area contributed by atoms with Crippen LogP contribution >= 0.6 is 0 Å². The van der Waals surface area contributed by atoms with E-state index in [4.69, 9.17) is 3.07 Å². The van der Waals surface area contributed by atoms with E-state index in [9.17, 15) is 0 Å². The van der Waals surface area contributed by atoms with Crippen molar-refractivity contribution < 1.29 is 3.07 Å². The molecule has 0 saturated heterocycles. The SMILES string of the molecule is [CH3][Sn][O]Cc1ccccn1. The molecule has 0 aromatic carbocycles. The van der Waals surface area contributed by atoms with Gasteiger partial charge in [0.2, 0.25) is 0 Å². The quantitative estimate of drug-likeness (QED) is 0.744. The number of rotatable bonds is 3. The second-order valence-corrected chi connectivity index (χ2v) is 3.80. The Bertz CT molecular complexity index is 178. The molecule has 10 heavy (non-hydrogen) atoms. The van der Waals surface area contributed by atoms with Crippen molar-refractivity contribution >= 4 is 21.6 Å². The molecule has 0 aliphatic rings. The van der Waals surface area contributed by atoms with Gasteiger partial charge in [0.25, 0.3) is 0 Å². The molecular formula is C7H9NOSn.